The van der Waals surface area contributed by atoms with Crippen molar-refractivity contribution in [2.45, 2.75) is 68.3 Å². The predicted molar refractivity (Wildman–Crippen MR) is 143 cm³/mol. The molecule has 1 amide bonds. The summed E-state index contributed by atoms with van der Waals surface area (Å²) in [5, 5.41) is 14.7. The fraction of sp³-hybridized carbons (Fsp3) is 0.481. The van der Waals surface area contributed by atoms with Crippen LogP contribution in [0.3, 0.4) is 0 Å². The lowest BCUT2D eigenvalue weighted by atomic mass is 9.77. The van der Waals surface area contributed by atoms with Crippen molar-refractivity contribution in [3.8, 4) is 5.75 Å². The number of ether oxygens (including phenoxy) is 1. The molecule has 1 aromatic carbocycles. The molecule has 1 spiro atoms. The van der Waals surface area contributed by atoms with E-state index < -0.39 is 29.8 Å². The summed E-state index contributed by atoms with van der Waals surface area (Å²) in [6.07, 6.45) is 2.95. The number of aliphatic hydroxyl groups is 1. The van der Waals surface area contributed by atoms with Crippen molar-refractivity contribution in [2.75, 3.05) is 13.2 Å². The van der Waals surface area contributed by atoms with Crippen LogP contribution in [0.5, 0.6) is 5.75 Å². The number of hydrogen-bond acceptors (Lipinski definition) is 11. The van der Waals surface area contributed by atoms with Gasteiger partial charge in [0.25, 0.3) is 5.91 Å². The minimum atomic E-state index is -1.08. The largest absolute Gasteiger partial charge is 0.492 e. The van der Waals surface area contributed by atoms with Crippen molar-refractivity contribution in [1.29, 1.82) is 0 Å². The van der Waals surface area contributed by atoms with Gasteiger partial charge >= 0.3 is 0 Å². The molecule has 2 aromatic rings. The zero-order valence-electron chi connectivity index (χ0n) is 21.9. The van der Waals surface area contributed by atoms with Crippen molar-refractivity contribution in [3.63, 3.8) is 0 Å². The molecule has 0 bridgehead atoms. The summed E-state index contributed by atoms with van der Waals surface area (Å²) in [6.45, 7) is 5.00. The van der Waals surface area contributed by atoms with E-state index in [1.807, 2.05) is 12.1 Å². The molecule has 39 heavy (non-hydrogen) atoms. The Bertz CT molecular complexity index is 1390. The Morgan fingerprint density at radius 2 is 1.95 bits per heavy atom. The van der Waals surface area contributed by atoms with Gasteiger partial charge in [-0.3, -0.25) is 14.6 Å². The van der Waals surface area contributed by atoms with Gasteiger partial charge in [0, 0.05) is 37.3 Å². The van der Waals surface area contributed by atoms with Crippen LogP contribution < -0.4 is 21.5 Å². The molecule has 1 aromatic heterocycles. The van der Waals surface area contributed by atoms with E-state index in [-0.39, 0.29) is 48.3 Å². The quantitative estimate of drug-likeness (QED) is 0.390. The van der Waals surface area contributed by atoms with Gasteiger partial charge in [0.2, 0.25) is 5.78 Å². The van der Waals surface area contributed by atoms with Crippen LogP contribution in [0.25, 0.3) is 0 Å². The van der Waals surface area contributed by atoms with E-state index in [1.54, 1.807) is 17.0 Å². The summed E-state index contributed by atoms with van der Waals surface area (Å²) in [4.78, 5) is 45.5. The average molecular weight is 533 g/mol. The first-order chi connectivity index (χ1) is 18.6. The Morgan fingerprint density at radius 1 is 1.18 bits per heavy atom. The molecule has 12 nitrogen and oxygen atoms in total. The molecule has 1 saturated heterocycles. The van der Waals surface area contributed by atoms with Crippen LogP contribution in [0.2, 0.25) is 0 Å². The molecule has 0 aliphatic carbocycles. The number of hydrogen-bond donors (Lipinski definition) is 4. The second kappa shape index (κ2) is 9.01. The van der Waals surface area contributed by atoms with Gasteiger partial charge in [-0.15, -0.1) is 0 Å². The third-order valence-corrected chi connectivity index (χ3v) is 8.48. The van der Waals surface area contributed by atoms with E-state index in [4.69, 9.17) is 16.2 Å². The highest BCUT2D eigenvalue weighted by molar-refractivity contribution is 5.98. The summed E-state index contributed by atoms with van der Waals surface area (Å²) < 4.78 is 5.93. The summed E-state index contributed by atoms with van der Waals surface area (Å²) in [6, 6.07) is 5.20. The normalized spacial score (nSPS) is 30.3. The minimum absolute atomic E-state index is 0.0469. The molecule has 5 atom stereocenters. The number of aliphatic hydroxyl groups excluding tert-OH is 1. The standard InChI is InChI=1S/C27H32N8O4/c1-26(2)7-10-39-20-14(5-3-6-15(20)26)24(38)32-17-13-35-25(29)33-16(11-18(36)23-30-8-4-9-31-23)21-27(35,22(17)37)12-19(28)34-21/h3-6,8-9,16-17,21-22,37H,7,10-13H2,1-2H3,(H2,28,34)(H2,29,33)(H,32,38)/t16-,17?,21-,22+,27-/m0/s1. The molecule has 6 rings (SSSR count). The summed E-state index contributed by atoms with van der Waals surface area (Å²) >= 11 is 0. The summed E-state index contributed by atoms with van der Waals surface area (Å²) in [5.74, 6) is 0.491. The SMILES string of the molecule is CC1(C)CCOc2c(C(=O)NC3CN4C(N)=N[C@@H](CC(=O)c5ncccn5)[C@@H]5N=C(N)C[C@@]54[C@@H]3O)cccc21. The molecule has 5 heterocycles. The van der Waals surface area contributed by atoms with Gasteiger partial charge < -0.3 is 31.5 Å². The molecular weight excluding hydrogens is 500 g/mol. The number of fused-ring (bicyclic) bond motifs is 1. The van der Waals surface area contributed by atoms with Gasteiger partial charge in [-0.25, -0.2) is 15.0 Å². The number of aromatic nitrogens is 2. The topological polar surface area (TPSA) is 181 Å². The van der Waals surface area contributed by atoms with Crippen molar-refractivity contribution >= 4 is 23.5 Å². The first-order valence-electron chi connectivity index (χ1n) is 13.1. The number of amides is 1. The number of amidine groups is 1. The molecule has 204 valence electrons. The zero-order chi connectivity index (χ0) is 27.5. The number of guanidine groups is 1. The summed E-state index contributed by atoms with van der Waals surface area (Å²) in [5.41, 5.74) is 12.8. The lowest BCUT2D eigenvalue weighted by molar-refractivity contribution is 0.0274. The Hall–Kier alpha value is -4.06. The van der Waals surface area contributed by atoms with E-state index in [0.29, 0.717) is 23.8 Å². The molecule has 0 saturated carbocycles. The molecule has 0 radical (unpaired) electrons. The van der Waals surface area contributed by atoms with Crippen molar-refractivity contribution in [3.05, 3.63) is 53.6 Å². The highest BCUT2D eigenvalue weighted by Crippen LogP contribution is 2.46. The van der Waals surface area contributed by atoms with Crippen LogP contribution in [0.15, 0.2) is 46.6 Å². The Kier molecular flexibility index (Phi) is 5.83. The first-order valence-corrected chi connectivity index (χ1v) is 13.1. The van der Waals surface area contributed by atoms with Crippen LogP contribution in [0.1, 0.15) is 59.7 Å². The van der Waals surface area contributed by atoms with Crippen molar-refractivity contribution in [2.24, 2.45) is 21.5 Å². The van der Waals surface area contributed by atoms with Gasteiger partial charge in [0.15, 0.2) is 11.8 Å². The molecule has 1 unspecified atom stereocenters. The Labute approximate surface area is 225 Å². The minimum Gasteiger partial charge on any atom is -0.492 e. The van der Waals surface area contributed by atoms with Crippen LogP contribution in [-0.2, 0) is 5.41 Å². The average Bonchev–Trinajstić information content (AvgIpc) is 3.41. The number of Topliss-reactive ketones (excluding diaryl/α,β-unsaturated/α-hetero) is 1. The van der Waals surface area contributed by atoms with E-state index >= 15 is 0 Å². The van der Waals surface area contributed by atoms with Crippen LogP contribution in [0.4, 0.5) is 0 Å². The fourth-order valence-corrected chi connectivity index (χ4v) is 6.48. The van der Waals surface area contributed by atoms with Gasteiger partial charge in [-0.2, -0.15) is 0 Å². The van der Waals surface area contributed by atoms with E-state index in [1.165, 1.54) is 12.4 Å². The maximum Gasteiger partial charge on any atom is 0.255 e. The van der Waals surface area contributed by atoms with Gasteiger partial charge in [-0.1, -0.05) is 26.0 Å². The smallest absolute Gasteiger partial charge is 0.255 e. The van der Waals surface area contributed by atoms with Gasteiger partial charge in [0.05, 0.1) is 30.1 Å². The maximum atomic E-state index is 13.5. The number of para-hydroxylation sites is 1. The van der Waals surface area contributed by atoms with Crippen LogP contribution in [-0.4, -0.2) is 86.4 Å². The van der Waals surface area contributed by atoms with E-state index in [0.717, 1.165) is 12.0 Å². The monoisotopic (exact) mass is 532 g/mol. The second-order valence-electron chi connectivity index (χ2n) is 11.3. The van der Waals surface area contributed by atoms with Crippen molar-refractivity contribution in [1.82, 2.24) is 20.2 Å². The second-order valence-corrected chi connectivity index (χ2v) is 11.3. The van der Waals surface area contributed by atoms with Gasteiger partial charge in [0.1, 0.15) is 23.4 Å². The Balaban J connectivity index is 1.27. The number of nitrogens with two attached hydrogens (primary N) is 2. The number of rotatable bonds is 5. The number of carbonyl (C=O) groups excluding carboxylic acids is 2. The highest BCUT2D eigenvalue weighted by Gasteiger charge is 2.65. The summed E-state index contributed by atoms with van der Waals surface area (Å²) in [7, 11) is 0. The highest BCUT2D eigenvalue weighted by atomic mass is 16.5. The lowest BCUT2D eigenvalue weighted by Gasteiger charge is -2.46. The number of aliphatic imine (C=N–C) groups is 2. The fourth-order valence-electron chi connectivity index (χ4n) is 6.48. The number of carbonyl (C=O) groups is 2. The lowest BCUT2D eigenvalue weighted by Crippen LogP contribution is -2.66. The molecule has 4 aliphatic rings. The number of nitrogens with zero attached hydrogens (tertiary/aromatic N) is 5. The third kappa shape index (κ3) is 3.92. The van der Waals surface area contributed by atoms with Crippen LogP contribution in [0, 0.1) is 0 Å². The molecule has 4 aliphatic heterocycles. The molecule has 12 heteroatoms. The van der Waals surface area contributed by atoms with Gasteiger partial charge in [-0.05, 0) is 24.0 Å². The Morgan fingerprint density at radius 3 is 2.72 bits per heavy atom. The first kappa shape index (κ1) is 25.2. The number of nitrogens with one attached hydrogen (secondary N) is 1. The third-order valence-electron chi connectivity index (χ3n) is 8.48. The number of ketones is 1. The van der Waals surface area contributed by atoms with E-state index in [9.17, 15) is 14.7 Å². The van der Waals surface area contributed by atoms with E-state index in [2.05, 4.69) is 39.1 Å². The van der Waals surface area contributed by atoms with Crippen LogP contribution >= 0.6 is 0 Å². The number of benzene rings is 1. The zero-order valence-corrected chi connectivity index (χ0v) is 21.9. The van der Waals surface area contributed by atoms with Crippen molar-refractivity contribution < 1.29 is 19.4 Å². The molecule has 6 N–H and O–H groups in total. The predicted octanol–water partition coefficient (Wildman–Crippen LogP) is 0.150. The molecular formula is C27H32N8O4. The molecule has 1 fully saturated rings. The maximum absolute atomic E-state index is 13.5.